The number of aliphatic hydroxyl groups is 1. The molecule has 8 nitrogen and oxygen atoms in total. The summed E-state index contributed by atoms with van der Waals surface area (Å²) in [6.45, 7) is 4.67. The second-order valence-electron chi connectivity index (χ2n) is 23.1. The topological polar surface area (TPSA) is 105 Å². The number of rotatable bonds is 59. The van der Waals surface area contributed by atoms with Crippen LogP contribution in [0.25, 0.3) is 0 Å². The van der Waals surface area contributed by atoms with Crippen LogP contribution in [0.4, 0.5) is 0 Å². The fourth-order valence-corrected chi connectivity index (χ4v) is 9.71. The molecule has 9 heteroatoms. The minimum absolute atomic E-state index is 0.0449. The lowest BCUT2D eigenvalue weighted by molar-refractivity contribution is -0.870. The van der Waals surface area contributed by atoms with Gasteiger partial charge in [0.25, 0.3) is 0 Å². The number of allylic oxidation sites excluding steroid dienone is 21. The molecule has 0 radical (unpaired) electrons. The summed E-state index contributed by atoms with van der Waals surface area (Å²) in [5.74, 6) is -0.204. The molecule has 0 bridgehead atoms. The van der Waals surface area contributed by atoms with Crippen LogP contribution in [0.1, 0.15) is 264 Å². The number of quaternary nitrogens is 1. The molecule has 464 valence electrons. The molecule has 0 aliphatic heterocycles. The van der Waals surface area contributed by atoms with Crippen molar-refractivity contribution in [3.63, 3.8) is 0 Å². The summed E-state index contributed by atoms with van der Waals surface area (Å²) in [4.78, 5) is 23.4. The lowest BCUT2D eigenvalue weighted by Crippen LogP contribution is -2.45. The molecule has 0 fully saturated rings. The number of aliphatic hydroxyl groups excluding tert-OH is 1. The van der Waals surface area contributed by atoms with Gasteiger partial charge in [0.2, 0.25) is 5.91 Å². The molecule has 3 N–H and O–H groups in total. The first-order chi connectivity index (χ1) is 39.5. The highest BCUT2D eigenvalue weighted by molar-refractivity contribution is 7.47. The Balaban J connectivity index is 4.26. The van der Waals surface area contributed by atoms with Gasteiger partial charge in [-0.05, 0) is 109 Å². The number of hydrogen-bond donors (Lipinski definition) is 3. The van der Waals surface area contributed by atoms with Crippen LogP contribution in [0.3, 0.4) is 0 Å². The monoisotopic (exact) mass is 1150 g/mol. The number of nitrogens with one attached hydrogen (secondary N) is 1. The van der Waals surface area contributed by atoms with E-state index in [2.05, 4.69) is 141 Å². The van der Waals surface area contributed by atoms with E-state index < -0.39 is 20.0 Å². The molecule has 0 spiro atoms. The number of hydrogen-bond acceptors (Lipinski definition) is 5. The zero-order chi connectivity index (χ0) is 59.1. The molecule has 3 atom stereocenters. The van der Waals surface area contributed by atoms with Crippen molar-refractivity contribution in [3.05, 3.63) is 134 Å². The van der Waals surface area contributed by atoms with E-state index in [9.17, 15) is 19.4 Å². The Labute approximate surface area is 500 Å². The van der Waals surface area contributed by atoms with E-state index in [1.807, 2.05) is 27.2 Å². The zero-order valence-corrected chi connectivity index (χ0v) is 53.9. The van der Waals surface area contributed by atoms with Crippen molar-refractivity contribution in [2.45, 2.75) is 276 Å². The van der Waals surface area contributed by atoms with Crippen molar-refractivity contribution < 1.29 is 32.9 Å². The number of carbonyl (C=O) groups is 1. The van der Waals surface area contributed by atoms with Gasteiger partial charge in [-0.2, -0.15) is 0 Å². The predicted molar refractivity (Wildman–Crippen MR) is 355 cm³/mol. The first kappa shape index (κ1) is 77.6. The number of carbonyl (C=O) groups excluding carboxylic acids is 1. The highest BCUT2D eigenvalue weighted by atomic mass is 31.2. The summed E-state index contributed by atoms with van der Waals surface area (Å²) >= 11 is 0. The fraction of sp³-hybridized carbons (Fsp3) is 0.681. The van der Waals surface area contributed by atoms with Crippen LogP contribution in [-0.4, -0.2) is 73.4 Å². The van der Waals surface area contributed by atoms with Crippen LogP contribution in [0.2, 0.25) is 0 Å². The van der Waals surface area contributed by atoms with E-state index in [1.165, 1.54) is 135 Å². The van der Waals surface area contributed by atoms with E-state index >= 15 is 0 Å². The second-order valence-corrected chi connectivity index (χ2v) is 24.5. The number of nitrogens with zero attached hydrogens (tertiary/aromatic N) is 1. The van der Waals surface area contributed by atoms with Crippen molar-refractivity contribution in [2.75, 3.05) is 40.9 Å². The molecule has 81 heavy (non-hydrogen) atoms. The Morgan fingerprint density at radius 3 is 1.14 bits per heavy atom. The van der Waals surface area contributed by atoms with Gasteiger partial charge in [-0.15, -0.1) is 0 Å². The number of amides is 1. The molecule has 0 rings (SSSR count). The Bertz CT molecular complexity index is 1780. The Morgan fingerprint density at radius 2 is 0.753 bits per heavy atom. The standard InChI is InChI=1S/C72H125N2O6P/c1-6-8-10-12-14-16-18-20-22-24-26-28-30-32-34-35-36-37-38-39-40-42-44-46-48-50-52-54-56-58-60-62-64-66-72(76)73-70(69-80-81(77,78)79-68-67-74(3,4)5)71(75)65-63-61-59-57-55-53-51-49-47-45-43-41-33-31-29-27-25-23-21-19-17-15-13-11-9-7-2/h8,10,14,16,20,22,26,28,32,34,36-37,39-40,44,46-47,49,55,57,63,65,70-71,75H,6-7,9,11-13,15,17-19,21,23-25,27,29-31,33,35,38,41-43,45,48,50-54,56,58-62,64,66-69H2,1-5H3,(H-,73,76,77,78)/p+1/b10-8-,16-14-,22-20-,28-26-,34-32-,37-36-,40-39-,46-44-,49-47+,57-55+,65-63+. The van der Waals surface area contributed by atoms with Gasteiger partial charge in [0, 0.05) is 6.42 Å². The third-order valence-corrected chi connectivity index (χ3v) is 15.1. The number of unbranched alkanes of at least 4 members (excludes halogenated alkanes) is 26. The lowest BCUT2D eigenvalue weighted by atomic mass is 10.0. The second kappa shape index (κ2) is 61.2. The minimum Gasteiger partial charge on any atom is -0.387 e. The molecule has 0 saturated heterocycles. The third-order valence-electron chi connectivity index (χ3n) is 14.1. The van der Waals surface area contributed by atoms with Gasteiger partial charge in [0.15, 0.2) is 0 Å². The smallest absolute Gasteiger partial charge is 0.387 e. The van der Waals surface area contributed by atoms with Gasteiger partial charge in [0.05, 0.1) is 39.9 Å². The lowest BCUT2D eigenvalue weighted by Gasteiger charge is -2.25. The molecule has 0 aromatic rings. The molecule has 0 saturated carbocycles. The average molecular weight is 1150 g/mol. The quantitative estimate of drug-likeness (QED) is 0.0243. The summed E-state index contributed by atoms with van der Waals surface area (Å²) in [5.41, 5.74) is 0. The molecular weight excluding hydrogens is 1020 g/mol. The average Bonchev–Trinajstić information content (AvgIpc) is 3.43. The molecule has 0 heterocycles. The minimum atomic E-state index is -4.38. The number of phosphoric acid groups is 1. The third kappa shape index (κ3) is 64.1. The fourth-order valence-electron chi connectivity index (χ4n) is 8.97. The highest BCUT2D eigenvalue weighted by Gasteiger charge is 2.27. The van der Waals surface area contributed by atoms with E-state index in [-0.39, 0.29) is 19.1 Å². The van der Waals surface area contributed by atoms with E-state index in [4.69, 9.17) is 9.05 Å². The SMILES string of the molecule is CC/C=C\C/C=C\C/C=C\C/C=C\C/C=C\C/C=C\C/C=C\C/C=C\CCCCCCCCCCC(=O)NC(COP(=O)(O)OCC[N+](C)(C)C)C(O)/C=C/CC/C=C/CC/C=C/CCCCCCCCCCCCCCCCCC. The van der Waals surface area contributed by atoms with Crippen molar-refractivity contribution in [2.24, 2.45) is 0 Å². The maximum atomic E-state index is 13.0. The Hall–Kier alpha value is -3.36. The van der Waals surface area contributed by atoms with Gasteiger partial charge >= 0.3 is 7.82 Å². The van der Waals surface area contributed by atoms with Gasteiger partial charge in [-0.3, -0.25) is 13.8 Å². The van der Waals surface area contributed by atoms with E-state index in [0.717, 1.165) is 109 Å². The van der Waals surface area contributed by atoms with Gasteiger partial charge < -0.3 is 19.8 Å². The summed E-state index contributed by atoms with van der Waals surface area (Å²) < 4.78 is 23.8. The molecular formula is C72H126N2O6P+. The van der Waals surface area contributed by atoms with Crippen LogP contribution in [0.15, 0.2) is 134 Å². The maximum Gasteiger partial charge on any atom is 0.472 e. The van der Waals surface area contributed by atoms with E-state index in [1.54, 1.807) is 6.08 Å². The molecule has 3 unspecified atom stereocenters. The Morgan fingerprint density at radius 1 is 0.432 bits per heavy atom. The van der Waals surface area contributed by atoms with Crippen LogP contribution >= 0.6 is 7.82 Å². The van der Waals surface area contributed by atoms with Crippen LogP contribution < -0.4 is 5.32 Å². The molecule has 1 amide bonds. The van der Waals surface area contributed by atoms with Gasteiger partial charge in [0.1, 0.15) is 13.2 Å². The van der Waals surface area contributed by atoms with E-state index in [0.29, 0.717) is 17.4 Å². The van der Waals surface area contributed by atoms with Crippen LogP contribution in [0, 0.1) is 0 Å². The summed E-state index contributed by atoms with van der Waals surface area (Å²) in [5, 5.41) is 14.0. The van der Waals surface area contributed by atoms with Gasteiger partial charge in [-0.1, -0.05) is 282 Å². The largest absolute Gasteiger partial charge is 0.472 e. The zero-order valence-electron chi connectivity index (χ0n) is 53.0. The predicted octanol–water partition coefficient (Wildman–Crippen LogP) is 21.0. The molecule has 0 aromatic heterocycles. The van der Waals surface area contributed by atoms with Crippen molar-refractivity contribution in [3.8, 4) is 0 Å². The number of phosphoric ester groups is 1. The maximum absolute atomic E-state index is 13.0. The summed E-state index contributed by atoms with van der Waals surface area (Å²) in [7, 11) is 1.52. The molecule has 0 aliphatic carbocycles. The number of likely N-dealkylation sites (N-methyl/N-ethyl adjacent to an activating group) is 1. The normalized spacial score (nSPS) is 14.6. The molecule has 0 aliphatic rings. The van der Waals surface area contributed by atoms with Crippen LogP contribution in [0.5, 0.6) is 0 Å². The van der Waals surface area contributed by atoms with Crippen molar-refractivity contribution >= 4 is 13.7 Å². The van der Waals surface area contributed by atoms with Crippen molar-refractivity contribution in [1.82, 2.24) is 5.32 Å². The summed E-state index contributed by atoms with van der Waals surface area (Å²) in [6.07, 6.45) is 92.9. The molecule has 0 aromatic carbocycles. The first-order valence-corrected chi connectivity index (χ1v) is 34.6. The van der Waals surface area contributed by atoms with Gasteiger partial charge in [-0.25, -0.2) is 4.57 Å². The Kier molecular flexibility index (Phi) is 58.7. The van der Waals surface area contributed by atoms with Crippen molar-refractivity contribution in [1.29, 1.82) is 0 Å². The highest BCUT2D eigenvalue weighted by Crippen LogP contribution is 2.43. The van der Waals surface area contributed by atoms with Crippen LogP contribution in [-0.2, 0) is 18.4 Å². The first-order valence-electron chi connectivity index (χ1n) is 33.1. The summed E-state index contributed by atoms with van der Waals surface area (Å²) in [6, 6.07) is -0.886.